The molecule has 0 fully saturated rings. The lowest BCUT2D eigenvalue weighted by molar-refractivity contribution is -0.0791. The Morgan fingerprint density at radius 2 is 1.69 bits per heavy atom. The van der Waals surface area contributed by atoms with Gasteiger partial charge < -0.3 is 9.47 Å². The molecular formula is C11H24O2. The third-order valence-corrected chi connectivity index (χ3v) is 1.80. The minimum atomic E-state index is 0.274. The van der Waals surface area contributed by atoms with Crippen LogP contribution < -0.4 is 0 Å². The number of unbranched alkanes of at least 4 members (excludes halogenated alkanes) is 1. The molecule has 0 amide bonds. The first kappa shape index (κ1) is 12.9. The SMILES string of the molecule is CC(C)CCCCOCOC(C)C. The van der Waals surface area contributed by atoms with Crippen LogP contribution in [0.5, 0.6) is 0 Å². The van der Waals surface area contributed by atoms with Crippen molar-refractivity contribution in [3.05, 3.63) is 0 Å². The molecule has 0 heterocycles. The van der Waals surface area contributed by atoms with Gasteiger partial charge in [-0.1, -0.05) is 26.7 Å². The molecule has 0 saturated heterocycles. The van der Waals surface area contributed by atoms with Crippen LogP contribution in [-0.4, -0.2) is 19.5 Å². The summed E-state index contributed by atoms with van der Waals surface area (Å²) in [5.74, 6) is 0.812. The van der Waals surface area contributed by atoms with Gasteiger partial charge in [-0.25, -0.2) is 0 Å². The second-order valence-corrected chi connectivity index (χ2v) is 4.13. The van der Waals surface area contributed by atoms with Crippen molar-refractivity contribution in [1.82, 2.24) is 0 Å². The lowest BCUT2D eigenvalue weighted by Gasteiger charge is -2.08. The lowest BCUT2D eigenvalue weighted by atomic mass is 10.1. The van der Waals surface area contributed by atoms with Gasteiger partial charge in [0.05, 0.1) is 6.10 Å². The molecule has 0 unspecified atom stereocenters. The smallest absolute Gasteiger partial charge is 0.147 e. The van der Waals surface area contributed by atoms with Gasteiger partial charge in [-0.05, 0) is 26.2 Å². The molecule has 0 rings (SSSR count). The first-order valence-electron chi connectivity index (χ1n) is 5.32. The van der Waals surface area contributed by atoms with Gasteiger partial charge in [0.15, 0.2) is 0 Å². The van der Waals surface area contributed by atoms with E-state index in [1.807, 2.05) is 13.8 Å². The molecule has 0 aromatic heterocycles. The second kappa shape index (κ2) is 8.52. The highest BCUT2D eigenvalue weighted by atomic mass is 16.7. The van der Waals surface area contributed by atoms with E-state index in [1.165, 1.54) is 12.8 Å². The van der Waals surface area contributed by atoms with Gasteiger partial charge >= 0.3 is 0 Å². The van der Waals surface area contributed by atoms with E-state index in [9.17, 15) is 0 Å². The Hall–Kier alpha value is -0.0800. The van der Waals surface area contributed by atoms with E-state index in [1.54, 1.807) is 0 Å². The van der Waals surface area contributed by atoms with Gasteiger partial charge in [0.25, 0.3) is 0 Å². The number of hydrogen-bond donors (Lipinski definition) is 0. The minimum absolute atomic E-state index is 0.274. The monoisotopic (exact) mass is 188 g/mol. The summed E-state index contributed by atoms with van der Waals surface area (Å²) in [6.45, 7) is 9.81. The molecule has 0 bridgehead atoms. The number of hydrogen-bond acceptors (Lipinski definition) is 2. The Kier molecular flexibility index (Phi) is 8.46. The van der Waals surface area contributed by atoms with Crippen LogP contribution >= 0.6 is 0 Å². The van der Waals surface area contributed by atoms with E-state index in [-0.39, 0.29) is 6.10 Å². The third kappa shape index (κ3) is 11.9. The van der Waals surface area contributed by atoms with Gasteiger partial charge in [-0.3, -0.25) is 0 Å². The average Bonchev–Trinajstić information content (AvgIpc) is 2.01. The van der Waals surface area contributed by atoms with Crippen LogP contribution in [0.4, 0.5) is 0 Å². The zero-order valence-corrected chi connectivity index (χ0v) is 9.51. The predicted octanol–water partition coefficient (Wildman–Crippen LogP) is 3.21. The minimum Gasteiger partial charge on any atom is -0.355 e. The normalized spacial score (nSPS) is 11.5. The molecule has 0 aliphatic carbocycles. The Morgan fingerprint density at radius 3 is 2.23 bits per heavy atom. The van der Waals surface area contributed by atoms with Crippen LogP contribution in [-0.2, 0) is 9.47 Å². The van der Waals surface area contributed by atoms with Gasteiger partial charge in [0.2, 0.25) is 0 Å². The fourth-order valence-electron chi connectivity index (χ4n) is 1.000. The van der Waals surface area contributed by atoms with Gasteiger partial charge in [0, 0.05) is 6.61 Å². The zero-order chi connectivity index (χ0) is 10.1. The van der Waals surface area contributed by atoms with E-state index < -0.39 is 0 Å². The van der Waals surface area contributed by atoms with Gasteiger partial charge in [0.1, 0.15) is 6.79 Å². The standard InChI is InChI=1S/C11H24O2/c1-10(2)7-5-6-8-12-9-13-11(3)4/h10-11H,5-9H2,1-4H3. The van der Waals surface area contributed by atoms with E-state index in [0.29, 0.717) is 6.79 Å². The molecule has 0 spiro atoms. The molecule has 0 aliphatic heterocycles. The van der Waals surface area contributed by atoms with Crippen molar-refractivity contribution in [3.8, 4) is 0 Å². The van der Waals surface area contributed by atoms with Crippen molar-refractivity contribution in [1.29, 1.82) is 0 Å². The first-order valence-corrected chi connectivity index (χ1v) is 5.32. The van der Waals surface area contributed by atoms with Crippen LogP contribution in [0.1, 0.15) is 47.0 Å². The van der Waals surface area contributed by atoms with E-state index in [2.05, 4.69) is 13.8 Å². The molecule has 0 atom stereocenters. The molecule has 13 heavy (non-hydrogen) atoms. The molecule has 80 valence electrons. The molecular weight excluding hydrogens is 164 g/mol. The number of ether oxygens (including phenoxy) is 2. The Bertz CT molecular complexity index is 88.3. The molecule has 2 heteroatoms. The Balaban J connectivity index is 2.92. The summed E-state index contributed by atoms with van der Waals surface area (Å²) in [7, 11) is 0. The maximum absolute atomic E-state index is 5.30. The molecule has 0 radical (unpaired) electrons. The zero-order valence-electron chi connectivity index (χ0n) is 9.51. The van der Waals surface area contributed by atoms with E-state index in [4.69, 9.17) is 9.47 Å². The maximum Gasteiger partial charge on any atom is 0.147 e. The second-order valence-electron chi connectivity index (χ2n) is 4.13. The summed E-state index contributed by atoms with van der Waals surface area (Å²) in [5, 5.41) is 0. The highest BCUT2D eigenvalue weighted by Crippen LogP contribution is 2.05. The highest BCUT2D eigenvalue weighted by molar-refractivity contribution is 4.45. The number of rotatable bonds is 8. The summed E-state index contributed by atoms with van der Waals surface area (Å²) in [5.41, 5.74) is 0. The van der Waals surface area contributed by atoms with Gasteiger partial charge in [-0.2, -0.15) is 0 Å². The average molecular weight is 188 g/mol. The van der Waals surface area contributed by atoms with E-state index >= 15 is 0 Å². The van der Waals surface area contributed by atoms with Crippen LogP contribution in [0.25, 0.3) is 0 Å². The largest absolute Gasteiger partial charge is 0.355 e. The first-order chi connectivity index (χ1) is 6.13. The molecule has 2 nitrogen and oxygen atoms in total. The summed E-state index contributed by atoms with van der Waals surface area (Å²) in [6, 6.07) is 0. The third-order valence-electron chi connectivity index (χ3n) is 1.80. The molecule has 0 N–H and O–H groups in total. The van der Waals surface area contributed by atoms with Crippen LogP contribution in [0.2, 0.25) is 0 Å². The van der Waals surface area contributed by atoms with Crippen LogP contribution in [0, 0.1) is 5.92 Å². The molecule has 0 aromatic rings. The van der Waals surface area contributed by atoms with E-state index in [0.717, 1.165) is 18.9 Å². The molecule has 0 saturated carbocycles. The maximum atomic E-state index is 5.30. The summed E-state index contributed by atoms with van der Waals surface area (Å²) in [6.07, 6.45) is 3.99. The van der Waals surface area contributed by atoms with Crippen molar-refractivity contribution >= 4 is 0 Å². The van der Waals surface area contributed by atoms with Crippen molar-refractivity contribution in [3.63, 3.8) is 0 Å². The predicted molar refractivity (Wildman–Crippen MR) is 55.7 cm³/mol. The molecule has 0 aliphatic rings. The van der Waals surface area contributed by atoms with Crippen LogP contribution in [0.3, 0.4) is 0 Å². The van der Waals surface area contributed by atoms with Crippen molar-refractivity contribution in [2.24, 2.45) is 5.92 Å². The fraction of sp³-hybridized carbons (Fsp3) is 1.00. The Morgan fingerprint density at radius 1 is 1.00 bits per heavy atom. The van der Waals surface area contributed by atoms with Gasteiger partial charge in [-0.15, -0.1) is 0 Å². The quantitative estimate of drug-likeness (QED) is 0.430. The fourth-order valence-corrected chi connectivity index (χ4v) is 1.000. The summed E-state index contributed by atoms with van der Waals surface area (Å²) in [4.78, 5) is 0. The summed E-state index contributed by atoms with van der Waals surface area (Å²) < 4.78 is 10.6. The van der Waals surface area contributed by atoms with Crippen molar-refractivity contribution < 1.29 is 9.47 Å². The Labute approximate surface area is 82.6 Å². The highest BCUT2D eigenvalue weighted by Gasteiger charge is 1.95. The van der Waals surface area contributed by atoms with Crippen LogP contribution in [0.15, 0.2) is 0 Å². The topological polar surface area (TPSA) is 18.5 Å². The van der Waals surface area contributed by atoms with Crippen molar-refractivity contribution in [2.45, 2.75) is 53.1 Å². The molecule has 0 aromatic carbocycles. The lowest BCUT2D eigenvalue weighted by Crippen LogP contribution is -2.07. The van der Waals surface area contributed by atoms with Crippen molar-refractivity contribution in [2.75, 3.05) is 13.4 Å². The summed E-state index contributed by atoms with van der Waals surface area (Å²) >= 11 is 0.